The number of aromatic nitrogens is 1. The molecule has 0 saturated carbocycles. The molecular formula is C13H23N3. The first-order valence-electron chi connectivity index (χ1n) is 6.11. The van der Waals surface area contributed by atoms with Crippen LogP contribution in [0.25, 0.3) is 0 Å². The van der Waals surface area contributed by atoms with Crippen molar-refractivity contribution >= 4 is 0 Å². The van der Waals surface area contributed by atoms with Gasteiger partial charge in [-0.1, -0.05) is 32.8 Å². The van der Waals surface area contributed by atoms with Crippen molar-refractivity contribution in [2.75, 3.05) is 0 Å². The Morgan fingerprint density at radius 3 is 2.88 bits per heavy atom. The first kappa shape index (κ1) is 13.1. The van der Waals surface area contributed by atoms with Crippen LogP contribution in [0.2, 0.25) is 0 Å². The van der Waals surface area contributed by atoms with E-state index in [2.05, 4.69) is 30.3 Å². The molecule has 1 aromatic heterocycles. The molecule has 0 bridgehead atoms. The van der Waals surface area contributed by atoms with Crippen LogP contribution in [0.1, 0.15) is 38.7 Å². The molecule has 0 spiro atoms. The molecule has 0 amide bonds. The van der Waals surface area contributed by atoms with Gasteiger partial charge in [-0.15, -0.1) is 0 Å². The van der Waals surface area contributed by atoms with Crippen LogP contribution in [0.3, 0.4) is 0 Å². The summed E-state index contributed by atoms with van der Waals surface area (Å²) >= 11 is 0. The van der Waals surface area contributed by atoms with Gasteiger partial charge in [-0.2, -0.15) is 0 Å². The monoisotopic (exact) mass is 221 g/mol. The zero-order valence-electron chi connectivity index (χ0n) is 10.3. The second-order valence-electron chi connectivity index (χ2n) is 4.56. The van der Waals surface area contributed by atoms with Gasteiger partial charge in [-0.25, -0.2) is 0 Å². The lowest BCUT2D eigenvalue weighted by atomic mass is 9.94. The van der Waals surface area contributed by atoms with Gasteiger partial charge in [0.05, 0.1) is 0 Å². The fourth-order valence-electron chi connectivity index (χ4n) is 2.11. The molecule has 2 unspecified atom stereocenters. The van der Waals surface area contributed by atoms with E-state index in [4.69, 9.17) is 5.84 Å². The normalized spacial score (nSPS) is 14.7. The Morgan fingerprint density at radius 2 is 2.31 bits per heavy atom. The van der Waals surface area contributed by atoms with Gasteiger partial charge in [0.15, 0.2) is 0 Å². The number of nitrogens with one attached hydrogen (secondary N) is 1. The van der Waals surface area contributed by atoms with Crippen LogP contribution in [0, 0.1) is 5.92 Å². The van der Waals surface area contributed by atoms with Crippen LogP contribution in [0.4, 0.5) is 0 Å². The van der Waals surface area contributed by atoms with Crippen molar-refractivity contribution in [1.82, 2.24) is 10.4 Å². The first-order chi connectivity index (χ1) is 7.76. The maximum atomic E-state index is 5.59. The number of pyridine rings is 1. The molecule has 3 nitrogen and oxygen atoms in total. The summed E-state index contributed by atoms with van der Waals surface area (Å²) in [5, 5.41) is 0. The summed E-state index contributed by atoms with van der Waals surface area (Å²) in [6.07, 6.45) is 8.30. The third-order valence-corrected chi connectivity index (χ3v) is 2.91. The highest BCUT2D eigenvalue weighted by atomic mass is 15.2. The molecule has 0 aliphatic carbocycles. The summed E-state index contributed by atoms with van der Waals surface area (Å²) in [5.41, 5.74) is 4.16. The van der Waals surface area contributed by atoms with Crippen molar-refractivity contribution in [2.45, 2.75) is 45.6 Å². The minimum absolute atomic E-state index is 0.353. The lowest BCUT2D eigenvalue weighted by Crippen LogP contribution is -2.38. The summed E-state index contributed by atoms with van der Waals surface area (Å²) in [4.78, 5) is 4.12. The van der Waals surface area contributed by atoms with E-state index in [0.29, 0.717) is 6.04 Å². The van der Waals surface area contributed by atoms with Gasteiger partial charge >= 0.3 is 0 Å². The van der Waals surface area contributed by atoms with E-state index in [1.165, 1.54) is 18.4 Å². The number of hydrogen-bond donors (Lipinski definition) is 2. The lowest BCUT2D eigenvalue weighted by Gasteiger charge is -2.19. The van der Waals surface area contributed by atoms with E-state index >= 15 is 0 Å². The van der Waals surface area contributed by atoms with Crippen LogP contribution in [0.15, 0.2) is 24.5 Å². The molecule has 16 heavy (non-hydrogen) atoms. The van der Waals surface area contributed by atoms with Gasteiger partial charge in [0.25, 0.3) is 0 Å². The second-order valence-corrected chi connectivity index (χ2v) is 4.56. The fraction of sp³-hybridized carbons (Fsp3) is 0.615. The van der Waals surface area contributed by atoms with Gasteiger partial charge in [-0.3, -0.25) is 16.3 Å². The topological polar surface area (TPSA) is 50.9 Å². The molecule has 0 aliphatic rings. The highest BCUT2D eigenvalue weighted by Crippen LogP contribution is 2.14. The molecule has 90 valence electrons. The molecule has 0 fully saturated rings. The van der Waals surface area contributed by atoms with Gasteiger partial charge < -0.3 is 0 Å². The van der Waals surface area contributed by atoms with E-state index in [1.807, 2.05) is 12.3 Å². The van der Waals surface area contributed by atoms with Gasteiger partial charge in [0.1, 0.15) is 0 Å². The molecule has 3 heteroatoms. The van der Waals surface area contributed by atoms with Gasteiger partial charge in [-0.05, 0) is 30.4 Å². The fourth-order valence-corrected chi connectivity index (χ4v) is 2.11. The van der Waals surface area contributed by atoms with Crippen molar-refractivity contribution in [2.24, 2.45) is 11.8 Å². The molecule has 0 saturated heterocycles. The van der Waals surface area contributed by atoms with Crippen LogP contribution in [0.5, 0.6) is 0 Å². The molecule has 0 aromatic carbocycles. The van der Waals surface area contributed by atoms with Crippen LogP contribution in [-0.2, 0) is 6.42 Å². The van der Waals surface area contributed by atoms with E-state index in [0.717, 1.165) is 18.8 Å². The molecular weight excluding hydrogens is 198 g/mol. The summed E-state index contributed by atoms with van der Waals surface area (Å²) in [5.74, 6) is 6.32. The zero-order valence-corrected chi connectivity index (χ0v) is 10.3. The van der Waals surface area contributed by atoms with E-state index < -0.39 is 0 Å². The van der Waals surface area contributed by atoms with Crippen molar-refractivity contribution in [3.63, 3.8) is 0 Å². The Labute approximate surface area is 98.4 Å². The predicted octanol–water partition coefficient (Wildman–Crippen LogP) is 2.28. The minimum atomic E-state index is 0.353. The van der Waals surface area contributed by atoms with E-state index in [9.17, 15) is 0 Å². The average Bonchev–Trinajstić information content (AvgIpc) is 2.30. The number of rotatable bonds is 7. The largest absolute Gasteiger partial charge is 0.271 e. The molecule has 1 heterocycles. The van der Waals surface area contributed by atoms with Crippen molar-refractivity contribution in [3.8, 4) is 0 Å². The summed E-state index contributed by atoms with van der Waals surface area (Å²) in [7, 11) is 0. The molecule has 2 atom stereocenters. The van der Waals surface area contributed by atoms with Crippen molar-refractivity contribution in [3.05, 3.63) is 30.1 Å². The lowest BCUT2D eigenvalue weighted by molar-refractivity contribution is 0.384. The molecule has 1 rings (SSSR count). The standard InChI is InChI=1S/C13H23N3/c1-3-5-11(2)8-13(16-14)9-12-6-4-7-15-10-12/h4,6-7,10-11,13,16H,3,5,8-9,14H2,1-2H3. The summed E-state index contributed by atoms with van der Waals surface area (Å²) < 4.78 is 0. The molecule has 3 N–H and O–H groups in total. The average molecular weight is 221 g/mol. The maximum Gasteiger partial charge on any atom is 0.0300 e. The number of nitrogens with zero attached hydrogens (tertiary/aromatic N) is 1. The predicted molar refractivity (Wildman–Crippen MR) is 67.7 cm³/mol. The maximum absolute atomic E-state index is 5.59. The van der Waals surface area contributed by atoms with E-state index in [1.54, 1.807) is 6.20 Å². The summed E-state index contributed by atoms with van der Waals surface area (Å²) in [6, 6.07) is 4.42. The Morgan fingerprint density at radius 1 is 1.50 bits per heavy atom. The van der Waals surface area contributed by atoms with Gasteiger partial charge in [0, 0.05) is 18.4 Å². The Hall–Kier alpha value is -0.930. The van der Waals surface area contributed by atoms with Crippen molar-refractivity contribution < 1.29 is 0 Å². The van der Waals surface area contributed by atoms with Crippen LogP contribution in [-0.4, -0.2) is 11.0 Å². The number of nitrogens with two attached hydrogens (primary N) is 1. The number of hydrogen-bond acceptors (Lipinski definition) is 3. The van der Waals surface area contributed by atoms with Gasteiger partial charge in [0.2, 0.25) is 0 Å². The minimum Gasteiger partial charge on any atom is -0.271 e. The summed E-state index contributed by atoms with van der Waals surface area (Å²) in [6.45, 7) is 4.51. The molecule has 1 aromatic rings. The van der Waals surface area contributed by atoms with Crippen molar-refractivity contribution in [1.29, 1.82) is 0 Å². The SMILES string of the molecule is CCCC(C)CC(Cc1cccnc1)NN. The van der Waals surface area contributed by atoms with E-state index in [-0.39, 0.29) is 0 Å². The van der Waals surface area contributed by atoms with Crippen LogP contribution < -0.4 is 11.3 Å². The Balaban J connectivity index is 2.43. The molecule has 0 aliphatic heterocycles. The third-order valence-electron chi connectivity index (χ3n) is 2.91. The third kappa shape index (κ3) is 4.73. The molecule has 0 radical (unpaired) electrons. The highest BCUT2D eigenvalue weighted by Gasteiger charge is 2.11. The quantitative estimate of drug-likeness (QED) is 0.548. The smallest absolute Gasteiger partial charge is 0.0300 e. The Kier molecular flexibility index (Phi) is 6.04. The Bertz CT molecular complexity index is 274. The number of hydrazine groups is 1. The van der Waals surface area contributed by atoms with Crippen LogP contribution >= 0.6 is 0 Å². The highest BCUT2D eigenvalue weighted by molar-refractivity contribution is 5.10. The first-order valence-corrected chi connectivity index (χ1v) is 6.11. The zero-order chi connectivity index (χ0) is 11.8. The second kappa shape index (κ2) is 7.36.